The van der Waals surface area contributed by atoms with Crippen molar-refractivity contribution >= 4 is 0 Å². The van der Waals surface area contributed by atoms with Gasteiger partial charge in [-0.25, -0.2) is 0 Å². The van der Waals surface area contributed by atoms with Gasteiger partial charge < -0.3 is 5.11 Å². The first-order chi connectivity index (χ1) is 6.84. The van der Waals surface area contributed by atoms with Gasteiger partial charge in [0, 0.05) is 0 Å². The van der Waals surface area contributed by atoms with Gasteiger partial charge >= 0.3 is 0 Å². The fraction of sp³-hybridized carbons (Fsp3) is 1.00. The largest absolute Gasteiger partial charge is 0.393 e. The number of aliphatic hydroxyl groups excluding tert-OH is 1. The summed E-state index contributed by atoms with van der Waals surface area (Å²) in [5.74, 6) is 0. The van der Waals surface area contributed by atoms with E-state index in [4.69, 9.17) is 0 Å². The van der Waals surface area contributed by atoms with E-state index in [1.54, 1.807) is 0 Å². The van der Waals surface area contributed by atoms with Crippen LogP contribution in [0.5, 0.6) is 0 Å². The molecule has 1 N–H and O–H groups in total. The molecule has 0 unspecified atom stereocenters. The Kier molecular flexibility index (Phi) is 4.54. The Morgan fingerprint density at radius 2 is 1.29 bits per heavy atom. The Labute approximate surface area is 97.9 Å². The van der Waals surface area contributed by atoms with E-state index in [0.717, 1.165) is 20.7 Å². The molecule has 0 bridgehead atoms. The first-order valence-electron chi connectivity index (χ1n) is 6.14. The van der Waals surface area contributed by atoms with Gasteiger partial charge in [0.2, 0.25) is 0 Å². The van der Waals surface area contributed by atoms with Crippen LogP contribution in [0.4, 0.5) is 0 Å². The van der Waals surface area contributed by atoms with Gasteiger partial charge in [0.25, 0.3) is 21.2 Å². The fourth-order valence-electron chi connectivity index (χ4n) is 2.59. The van der Waals surface area contributed by atoms with Crippen molar-refractivity contribution in [3.8, 4) is 0 Å². The van der Waals surface area contributed by atoms with Crippen molar-refractivity contribution in [2.45, 2.75) is 71.7 Å². The van der Waals surface area contributed by atoms with E-state index < -0.39 is 0 Å². The molecule has 2 aliphatic carbocycles. The van der Waals surface area contributed by atoms with Crippen molar-refractivity contribution in [1.82, 2.24) is 0 Å². The van der Waals surface area contributed by atoms with Crippen LogP contribution < -0.4 is 21.2 Å². The maximum Gasteiger partial charge on any atom is 0.275 e. The molecule has 0 aromatic carbocycles. The molecule has 82 valence electrons. The normalized spacial score (nSPS) is 35.8. The number of hydrogen-bond donors (Lipinski definition) is 1. The van der Waals surface area contributed by atoms with Crippen molar-refractivity contribution in [3.63, 3.8) is 0 Å². The topological polar surface area (TPSA) is 20.2 Å². The van der Waals surface area contributed by atoms with E-state index in [2.05, 4.69) is 0 Å². The Morgan fingerprint density at radius 1 is 0.714 bits per heavy atom. The summed E-state index contributed by atoms with van der Waals surface area (Å²) >= 11 is 0.452. The molecule has 2 rings (SSSR count). The summed E-state index contributed by atoms with van der Waals surface area (Å²) in [6, 6.07) is 0. The molecule has 2 saturated carbocycles. The number of alkyl halides is 2. The van der Waals surface area contributed by atoms with Gasteiger partial charge in [0.05, 0.1) is 6.10 Å². The summed E-state index contributed by atoms with van der Waals surface area (Å²) in [5.41, 5.74) is 0. The first-order valence-corrected chi connectivity index (χ1v) is 8.64. The van der Waals surface area contributed by atoms with Crippen molar-refractivity contribution in [1.29, 1.82) is 0 Å². The van der Waals surface area contributed by atoms with Gasteiger partial charge in [-0.1, -0.05) is 6.42 Å². The average molecular weight is 309 g/mol. The molecule has 0 saturated heterocycles. The average Bonchev–Trinajstić information content (AvgIpc) is 2.23. The van der Waals surface area contributed by atoms with Crippen LogP contribution in [0.1, 0.15) is 57.8 Å². The number of hydrogen-bond acceptors (Lipinski definition) is 1. The smallest absolute Gasteiger partial charge is 0.275 e. The minimum Gasteiger partial charge on any atom is -0.393 e. The summed E-state index contributed by atoms with van der Waals surface area (Å²) < 4.78 is 2.20. The molecule has 0 aromatic heterocycles. The zero-order valence-corrected chi connectivity index (χ0v) is 11.1. The molecule has 2 heteroatoms. The van der Waals surface area contributed by atoms with Crippen molar-refractivity contribution in [3.05, 3.63) is 0 Å². The van der Waals surface area contributed by atoms with E-state index >= 15 is 0 Å². The molecule has 0 spiro atoms. The molecule has 0 heterocycles. The lowest BCUT2D eigenvalue weighted by molar-refractivity contribution is -0.726. The Morgan fingerprint density at radius 3 is 1.93 bits per heavy atom. The van der Waals surface area contributed by atoms with E-state index in [-0.39, 0.29) is 6.10 Å². The molecule has 2 aliphatic rings. The fourth-order valence-corrected chi connectivity index (χ4v) is 7.07. The van der Waals surface area contributed by atoms with Gasteiger partial charge in [-0.2, -0.15) is 0 Å². The Bertz CT molecular complexity index is 158. The van der Waals surface area contributed by atoms with Crippen LogP contribution in [0.25, 0.3) is 0 Å². The van der Waals surface area contributed by atoms with Crippen LogP contribution in [0.15, 0.2) is 0 Å². The van der Waals surface area contributed by atoms with Gasteiger partial charge in [0.15, 0.2) is 7.85 Å². The van der Waals surface area contributed by atoms with Crippen LogP contribution in [0, 0.1) is 0 Å². The highest BCUT2D eigenvalue weighted by atomic mass is 127. The standard InChI is InChI=1S/C12H22IO/c14-12-8-6-11(7-9-12)13-10-4-2-1-3-5-10/h10-12,14H,1-9H2/q+1. The zero-order valence-electron chi connectivity index (χ0n) is 8.92. The van der Waals surface area contributed by atoms with Crippen LogP contribution in [-0.4, -0.2) is 19.1 Å². The van der Waals surface area contributed by atoms with E-state index in [9.17, 15) is 5.11 Å². The highest BCUT2D eigenvalue weighted by Gasteiger charge is 2.35. The molecule has 0 radical (unpaired) electrons. The van der Waals surface area contributed by atoms with Gasteiger partial charge in [-0.05, 0) is 51.4 Å². The summed E-state index contributed by atoms with van der Waals surface area (Å²) in [7, 11) is 0. The Hall–Kier alpha value is 0.690. The summed E-state index contributed by atoms with van der Waals surface area (Å²) in [4.78, 5) is 0. The monoisotopic (exact) mass is 309 g/mol. The van der Waals surface area contributed by atoms with Crippen LogP contribution in [-0.2, 0) is 0 Å². The second kappa shape index (κ2) is 5.69. The van der Waals surface area contributed by atoms with Crippen molar-refractivity contribution < 1.29 is 26.3 Å². The minimum atomic E-state index is 0.0432. The number of halogens is 1. The molecule has 2 fully saturated rings. The number of aliphatic hydroxyl groups is 1. The second-order valence-electron chi connectivity index (χ2n) is 4.77. The van der Waals surface area contributed by atoms with Crippen LogP contribution in [0.2, 0.25) is 0 Å². The maximum absolute atomic E-state index is 9.45. The molecule has 1 nitrogen and oxygen atoms in total. The number of rotatable bonds is 2. The predicted octanol–water partition coefficient (Wildman–Crippen LogP) is -0.288. The SMILES string of the molecule is OC1CCC([I+]C2CCCCC2)CC1. The molecule has 0 aliphatic heterocycles. The van der Waals surface area contributed by atoms with Gasteiger partial charge in [-0.15, -0.1) is 0 Å². The van der Waals surface area contributed by atoms with Gasteiger partial charge in [-0.3, -0.25) is 0 Å². The lowest BCUT2D eigenvalue weighted by atomic mass is 9.98. The first kappa shape index (κ1) is 11.2. The van der Waals surface area contributed by atoms with Crippen LogP contribution in [0.3, 0.4) is 0 Å². The highest BCUT2D eigenvalue weighted by Crippen LogP contribution is 2.17. The lowest BCUT2D eigenvalue weighted by Crippen LogP contribution is -3.68. The summed E-state index contributed by atoms with van der Waals surface area (Å²) in [6.07, 6.45) is 12.5. The molecule has 0 aromatic rings. The molecule has 0 amide bonds. The highest BCUT2D eigenvalue weighted by molar-refractivity contribution is 4.71. The van der Waals surface area contributed by atoms with E-state index in [1.165, 1.54) is 44.9 Å². The molecule has 14 heavy (non-hydrogen) atoms. The molecule has 0 atom stereocenters. The third-order valence-corrected chi connectivity index (χ3v) is 8.04. The quantitative estimate of drug-likeness (QED) is 0.549. The van der Waals surface area contributed by atoms with Crippen molar-refractivity contribution in [2.24, 2.45) is 0 Å². The predicted molar refractivity (Wildman–Crippen MR) is 55.1 cm³/mol. The third-order valence-electron chi connectivity index (χ3n) is 3.52. The summed E-state index contributed by atoms with van der Waals surface area (Å²) in [6.45, 7) is 0. The third kappa shape index (κ3) is 3.37. The molecular weight excluding hydrogens is 287 g/mol. The van der Waals surface area contributed by atoms with Crippen molar-refractivity contribution in [2.75, 3.05) is 0 Å². The van der Waals surface area contributed by atoms with Crippen LogP contribution >= 0.6 is 0 Å². The zero-order chi connectivity index (χ0) is 9.80. The maximum atomic E-state index is 9.45. The van der Waals surface area contributed by atoms with Gasteiger partial charge in [0.1, 0.15) is 0 Å². The molecular formula is C12H22IO+. The summed E-state index contributed by atoms with van der Waals surface area (Å²) in [5, 5.41) is 9.45. The van der Waals surface area contributed by atoms with E-state index in [1.807, 2.05) is 0 Å². The Balaban J connectivity index is 1.68. The minimum absolute atomic E-state index is 0.0432. The second-order valence-corrected chi connectivity index (χ2v) is 9.01. The van der Waals surface area contributed by atoms with E-state index in [0.29, 0.717) is 21.2 Å². The lowest BCUT2D eigenvalue weighted by Gasteiger charge is -2.21.